The molecule has 1 unspecified atom stereocenters. The minimum Gasteiger partial charge on any atom is -0.349 e. The lowest BCUT2D eigenvalue weighted by atomic mass is 9.98. The fraction of sp³-hybridized carbons (Fsp3) is 0.692. The second-order valence-electron chi connectivity index (χ2n) is 5.72. The molecular formula is C13H15ClF3N3. The highest BCUT2D eigenvalue weighted by atomic mass is 35.5. The first-order valence-corrected chi connectivity index (χ1v) is 7.02. The van der Waals surface area contributed by atoms with Gasteiger partial charge in [-0.25, -0.2) is 14.4 Å². The Morgan fingerprint density at radius 3 is 2.70 bits per heavy atom. The highest BCUT2D eigenvalue weighted by molar-refractivity contribution is 6.30. The van der Waals surface area contributed by atoms with E-state index >= 15 is 0 Å². The molecule has 3 rings (SSSR count). The lowest BCUT2D eigenvalue weighted by molar-refractivity contribution is 0.0125. The standard InChI is InChI=1S/C13H15ClF3N3/c1-12(16,17)10-11(14)19-9(7-18-10)20-5-2-8(15)6-13(20)3-4-13/h7-8H,2-6H2,1H3. The maximum atomic E-state index is 13.5. The molecule has 2 heterocycles. The normalized spacial score (nSPS) is 25.1. The van der Waals surface area contributed by atoms with Crippen LogP contribution >= 0.6 is 11.6 Å². The molecule has 2 aliphatic rings. The summed E-state index contributed by atoms with van der Waals surface area (Å²) in [6.45, 7) is 1.26. The van der Waals surface area contributed by atoms with Crippen LogP contribution in [0.25, 0.3) is 0 Å². The molecule has 0 aromatic carbocycles. The Bertz CT molecular complexity index is 528. The van der Waals surface area contributed by atoms with Gasteiger partial charge in [0.1, 0.15) is 17.7 Å². The molecular weight excluding hydrogens is 291 g/mol. The van der Waals surface area contributed by atoms with Crippen LogP contribution in [0.1, 0.15) is 38.3 Å². The zero-order chi connectivity index (χ0) is 14.5. The number of alkyl halides is 3. The molecule has 0 radical (unpaired) electrons. The van der Waals surface area contributed by atoms with Crippen molar-refractivity contribution >= 4 is 17.4 Å². The van der Waals surface area contributed by atoms with Crippen LogP contribution in [0.3, 0.4) is 0 Å². The first kappa shape index (κ1) is 13.9. The van der Waals surface area contributed by atoms with Crippen LogP contribution in [0.5, 0.6) is 0 Å². The van der Waals surface area contributed by atoms with E-state index in [1.807, 2.05) is 4.90 Å². The Balaban J connectivity index is 1.90. The third-order valence-electron chi connectivity index (χ3n) is 4.08. The molecule has 0 amide bonds. The largest absolute Gasteiger partial charge is 0.349 e. The van der Waals surface area contributed by atoms with Crippen molar-refractivity contribution in [3.8, 4) is 0 Å². The fourth-order valence-corrected chi connectivity index (χ4v) is 3.19. The van der Waals surface area contributed by atoms with Gasteiger partial charge in [0.05, 0.1) is 6.20 Å². The van der Waals surface area contributed by atoms with Crippen molar-refractivity contribution in [2.45, 2.75) is 50.2 Å². The molecule has 1 aliphatic carbocycles. The van der Waals surface area contributed by atoms with Crippen molar-refractivity contribution in [3.63, 3.8) is 0 Å². The number of hydrogen-bond donors (Lipinski definition) is 0. The Morgan fingerprint density at radius 2 is 2.15 bits per heavy atom. The van der Waals surface area contributed by atoms with E-state index in [0.29, 0.717) is 25.2 Å². The predicted octanol–water partition coefficient (Wildman–Crippen LogP) is 3.71. The molecule has 1 aliphatic heterocycles. The minimum atomic E-state index is -3.12. The van der Waals surface area contributed by atoms with Crippen LogP contribution in [0.2, 0.25) is 5.15 Å². The van der Waals surface area contributed by atoms with Gasteiger partial charge in [0.25, 0.3) is 5.92 Å². The van der Waals surface area contributed by atoms with E-state index in [0.717, 1.165) is 19.8 Å². The van der Waals surface area contributed by atoms with Gasteiger partial charge < -0.3 is 4.90 Å². The Morgan fingerprint density at radius 1 is 1.45 bits per heavy atom. The molecule has 3 nitrogen and oxygen atoms in total. The summed E-state index contributed by atoms with van der Waals surface area (Å²) in [6, 6.07) is 0. The average molecular weight is 306 g/mol. The number of rotatable bonds is 2. The molecule has 1 aromatic rings. The van der Waals surface area contributed by atoms with E-state index in [4.69, 9.17) is 11.6 Å². The van der Waals surface area contributed by atoms with Gasteiger partial charge >= 0.3 is 0 Å². The quantitative estimate of drug-likeness (QED) is 0.834. The Labute approximate surface area is 120 Å². The van der Waals surface area contributed by atoms with Gasteiger partial charge in [-0.1, -0.05) is 11.6 Å². The van der Waals surface area contributed by atoms with Crippen LogP contribution in [0, 0.1) is 0 Å². The zero-order valence-electron chi connectivity index (χ0n) is 11.0. The maximum absolute atomic E-state index is 13.5. The van der Waals surface area contributed by atoms with Crippen molar-refractivity contribution in [1.82, 2.24) is 9.97 Å². The number of halogens is 4. The van der Waals surface area contributed by atoms with Gasteiger partial charge in [0.2, 0.25) is 0 Å². The Kier molecular flexibility index (Phi) is 3.12. The summed E-state index contributed by atoms with van der Waals surface area (Å²) in [5.74, 6) is -2.65. The second kappa shape index (κ2) is 4.48. The minimum absolute atomic E-state index is 0.202. The third kappa shape index (κ3) is 2.34. The van der Waals surface area contributed by atoms with Crippen molar-refractivity contribution in [2.24, 2.45) is 0 Å². The van der Waals surface area contributed by atoms with Crippen LogP contribution in [0.15, 0.2) is 6.20 Å². The molecule has 0 bridgehead atoms. The summed E-state index contributed by atoms with van der Waals surface area (Å²) in [5, 5.41) is -0.284. The first-order chi connectivity index (χ1) is 9.32. The second-order valence-corrected chi connectivity index (χ2v) is 6.08. The lowest BCUT2D eigenvalue weighted by Gasteiger charge is -2.38. The molecule has 20 heavy (non-hydrogen) atoms. The van der Waals surface area contributed by atoms with Gasteiger partial charge in [-0.3, -0.25) is 0 Å². The molecule has 110 valence electrons. The summed E-state index contributed by atoms with van der Waals surface area (Å²) in [5.41, 5.74) is -0.723. The smallest absolute Gasteiger partial charge is 0.290 e. The van der Waals surface area contributed by atoms with E-state index in [-0.39, 0.29) is 10.7 Å². The van der Waals surface area contributed by atoms with Crippen LogP contribution in [0.4, 0.5) is 19.0 Å². The highest BCUT2D eigenvalue weighted by Crippen LogP contribution is 2.50. The molecule has 1 spiro atoms. The predicted molar refractivity (Wildman–Crippen MR) is 70.1 cm³/mol. The number of anilines is 1. The summed E-state index contributed by atoms with van der Waals surface area (Å²) in [4.78, 5) is 9.78. The van der Waals surface area contributed by atoms with E-state index < -0.39 is 17.8 Å². The molecule has 1 saturated carbocycles. The molecule has 1 saturated heterocycles. The maximum Gasteiger partial charge on any atom is 0.290 e. The van der Waals surface area contributed by atoms with Gasteiger partial charge in [-0.15, -0.1) is 0 Å². The lowest BCUT2D eigenvalue weighted by Crippen LogP contribution is -2.46. The summed E-state index contributed by atoms with van der Waals surface area (Å²) >= 11 is 5.82. The number of piperidine rings is 1. The highest BCUT2D eigenvalue weighted by Gasteiger charge is 2.52. The average Bonchev–Trinajstić information content (AvgIpc) is 3.07. The number of aromatic nitrogens is 2. The molecule has 7 heteroatoms. The van der Waals surface area contributed by atoms with Crippen molar-refractivity contribution in [1.29, 1.82) is 0 Å². The van der Waals surface area contributed by atoms with E-state index in [1.165, 1.54) is 6.20 Å². The summed E-state index contributed by atoms with van der Waals surface area (Å²) in [7, 11) is 0. The Hall–Kier alpha value is -1.04. The van der Waals surface area contributed by atoms with E-state index in [9.17, 15) is 13.2 Å². The van der Waals surface area contributed by atoms with Crippen LogP contribution in [-0.4, -0.2) is 28.2 Å². The summed E-state index contributed by atoms with van der Waals surface area (Å²) in [6.07, 6.45) is 3.22. The SMILES string of the molecule is CC(F)(F)c1ncc(N2CCC(F)CC23CC3)nc1Cl. The van der Waals surface area contributed by atoms with Gasteiger partial charge in [-0.05, 0) is 19.3 Å². The van der Waals surface area contributed by atoms with Crippen LogP contribution < -0.4 is 4.90 Å². The monoisotopic (exact) mass is 305 g/mol. The van der Waals surface area contributed by atoms with Gasteiger partial charge in [0.15, 0.2) is 5.15 Å². The van der Waals surface area contributed by atoms with Crippen LogP contribution in [-0.2, 0) is 5.92 Å². The third-order valence-corrected chi connectivity index (χ3v) is 4.34. The topological polar surface area (TPSA) is 29.0 Å². The molecule has 0 N–H and O–H groups in total. The van der Waals surface area contributed by atoms with Crippen molar-refractivity contribution in [3.05, 3.63) is 17.0 Å². The zero-order valence-corrected chi connectivity index (χ0v) is 11.8. The van der Waals surface area contributed by atoms with Crippen molar-refractivity contribution < 1.29 is 13.2 Å². The number of nitrogens with zero attached hydrogens (tertiary/aromatic N) is 3. The van der Waals surface area contributed by atoms with Crippen molar-refractivity contribution in [2.75, 3.05) is 11.4 Å². The molecule has 2 fully saturated rings. The fourth-order valence-electron chi connectivity index (χ4n) is 2.89. The molecule has 1 aromatic heterocycles. The van der Waals surface area contributed by atoms with E-state index in [1.54, 1.807) is 0 Å². The first-order valence-electron chi connectivity index (χ1n) is 6.64. The number of hydrogen-bond acceptors (Lipinski definition) is 3. The summed E-state index contributed by atoms with van der Waals surface area (Å²) < 4.78 is 40.0. The van der Waals surface area contributed by atoms with Gasteiger partial charge in [0, 0.05) is 25.4 Å². The van der Waals surface area contributed by atoms with Gasteiger partial charge in [-0.2, -0.15) is 8.78 Å². The van der Waals surface area contributed by atoms with E-state index in [2.05, 4.69) is 9.97 Å². The molecule has 1 atom stereocenters.